The molecule has 2 unspecified atom stereocenters. The molecule has 2 aliphatic rings. The van der Waals surface area contributed by atoms with E-state index in [1.807, 2.05) is 37.2 Å². The maximum atomic E-state index is 12.8. The highest BCUT2D eigenvalue weighted by atomic mass is 16.2. The molecule has 1 aromatic heterocycles. The predicted molar refractivity (Wildman–Crippen MR) is 118 cm³/mol. The number of nitrogens with zero attached hydrogens (tertiary/aromatic N) is 3. The van der Waals surface area contributed by atoms with Gasteiger partial charge >= 0.3 is 0 Å². The van der Waals surface area contributed by atoms with Crippen molar-refractivity contribution in [1.82, 2.24) is 15.3 Å². The molecule has 0 aliphatic heterocycles. The lowest BCUT2D eigenvalue weighted by Crippen LogP contribution is -2.50. The van der Waals surface area contributed by atoms with Gasteiger partial charge in [0.2, 0.25) is 11.9 Å². The molecule has 1 aromatic carbocycles. The number of fused-ring (bicyclic) bond motifs is 1. The summed E-state index contributed by atoms with van der Waals surface area (Å²) in [6.07, 6.45) is 10.1. The summed E-state index contributed by atoms with van der Waals surface area (Å²) < 4.78 is 0. The molecule has 29 heavy (non-hydrogen) atoms. The van der Waals surface area contributed by atoms with Gasteiger partial charge in [0, 0.05) is 37.5 Å². The lowest BCUT2D eigenvalue weighted by molar-refractivity contribution is -0.126. The Kier molecular flexibility index (Phi) is 6.16. The molecule has 2 atom stereocenters. The van der Waals surface area contributed by atoms with E-state index in [0.29, 0.717) is 5.95 Å². The Labute approximate surface area is 173 Å². The standard InChI is InChI=1S/C23H33N5O/c1-28(2)21-17-12-6-7-13-18(17)25-23(27-21)26-20-15-9-8-14-19(20)24-22(29)16-10-4-3-5-11-16/h6-7,12-13,16,19-20H,3-5,8-11,14-15H2,1-2H3,(H,24,29)(H,25,26,27). The summed E-state index contributed by atoms with van der Waals surface area (Å²) in [7, 11) is 4.01. The van der Waals surface area contributed by atoms with Crippen LogP contribution >= 0.6 is 0 Å². The van der Waals surface area contributed by atoms with Crippen molar-refractivity contribution >= 4 is 28.6 Å². The molecule has 2 saturated carbocycles. The first-order chi connectivity index (χ1) is 14.1. The van der Waals surface area contributed by atoms with E-state index in [1.165, 1.54) is 25.7 Å². The molecule has 1 amide bonds. The fraction of sp³-hybridized carbons (Fsp3) is 0.609. The van der Waals surface area contributed by atoms with Gasteiger partial charge in [0.25, 0.3) is 0 Å². The Morgan fingerprint density at radius 2 is 1.62 bits per heavy atom. The SMILES string of the molecule is CN(C)c1nc(NC2CCCCC2NC(=O)C2CCCCC2)nc2ccccc12. The van der Waals surface area contributed by atoms with Gasteiger partial charge in [0.1, 0.15) is 5.82 Å². The number of para-hydroxylation sites is 1. The molecule has 6 nitrogen and oxygen atoms in total. The van der Waals surface area contributed by atoms with Gasteiger partial charge < -0.3 is 15.5 Å². The average molecular weight is 396 g/mol. The highest BCUT2D eigenvalue weighted by Crippen LogP contribution is 2.28. The van der Waals surface area contributed by atoms with E-state index in [0.717, 1.165) is 48.8 Å². The molecule has 0 saturated heterocycles. The maximum Gasteiger partial charge on any atom is 0.225 e. The largest absolute Gasteiger partial charge is 0.362 e. The molecule has 0 bridgehead atoms. The number of aromatic nitrogens is 2. The number of carbonyl (C=O) groups is 1. The second kappa shape index (κ2) is 8.97. The molecule has 156 valence electrons. The lowest BCUT2D eigenvalue weighted by atomic mass is 9.86. The van der Waals surface area contributed by atoms with Crippen molar-refractivity contribution in [2.24, 2.45) is 5.92 Å². The van der Waals surface area contributed by atoms with Crippen LogP contribution in [0.25, 0.3) is 10.9 Å². The zero-order valence-electron chi connectivity index (χ0n) is 17.7. The third kappa shape index (κ3) is 4.62. The van der Waals surface area contributed by atoms with Crippen molar-refractivity contribution in [2.75, 3.05) is 24.3 Å². The number of hydrogen-bond acceptors (Lipinski definition) is 5. The van der Waals surface area contributed by atoms with Crippen LogP contribution < -0.4 is 15.5 Å². The van der Waals surface area contributed by atoms with Gasteiger partial charge in [0.15, 0.2) is 0 Å². The van der Waals surface area contributed by atoms with Crippen molar-refractivity contribution in [3.05, 3.63) is 24.3 Å². The van der Waals surface area contributed by atoms with E-state index in [-0.39, 0.29) is 23.9 Å². The fourth-order valence-electron chi connectivity index (χ4n) is 4.77. The van der Waals surface area contributed by atoms with Crippen LogP contribution in [-0.2, 0) is 4.79 Å². The molecule has 6 heteroatoms. The Balaban J connectivity index is 1.51. The molecule has 4 rings (SSSR count). The molecule has 1 heterocycles. The van der Waals surface area contributed by atoms with Gasteiger partial charge in [-0.1, -0.05) is 44.2 Å². The van der Waals surface area contributed by atoms with Crippen LogP contribution in [0.3, 0.4) is 0 Å². The first-order valence-electron chi connectivity index (χ1n) is 11.1. The molecular weight excluding hydrogens is 362 g/mol. The highest BCUT2D eigenvalue weighted by molar-refractivity contribution is 5.90. The number of hydrogen-bond donors (Lipinski definition) is 2. The number of benzene rings is 1. The smallest absolute Gasteiger partial charge is 0.225 e. The third-order valence-corrected chi connectivity index (χ3v) is 6.39. The quantitative estimate of drug-likeness (QED) is 0.797. The maximum absolute atomic E-state index is 12.8. The van der Waals surface area contributed by atoms with Crippen LogP contribution in [0.5, 0.6) is 0 Å². The minimum atomic E-state index is 0.149. The van der Waals surface area contributed by atoms with E-state index >= 15 is 0 Å². The van der Waals surface area contributed by atoms with Crippen molar-refractivity contribution in [2.45, 2.75) is 69.9 Å². The molecule has 0 spiro atoms. The normalized spacial score (nSPS) is 23.0. The van der Waals surface area contributed by atoms with E-state index in [2.05, 4.69) is 16.7 Å². The second-order valence-electron chi connectivity index (χ2n) is 8.77. The zero-order chi connectivity index (χ0) is 20.2. The Hall–Kier alpha value is -2.37. The lowest BCUT2D eigenvalue weighted by Gasteiger charge is -2.34. The number of nitrogens with one attached hydrogen (secondary N) is 2. The summed E-state index contributed by atoms with van der Waals surface area (Å²) in [6, 6.07) is 8.43. The van der Waals surface area contributed by atoms with Crippen LogP contribution in [0.4, 0.5) is 11.8 Å². The van der Waals surface area contributed by atoms with Crippen molar-refractivity contribution < 1.29 is 4.79 Å². The third-order valence-electron chi connectivity index (χ3n) is 6.39. The summed E-state index contributed by atoms with van der Waals surface area (Å²) >= 11 is 0. The minimum absolute atomic E-state index is 0.149. The first-order valence-corrected chi connectivity index (χ1v) is 11.1. The van der Waals surface area contributed by atoms with Gasteiger partial charge in [-0.05, 0) is 37.8 Å². The highest BCUT2D eigenvalue weighted by Gasteiger charge is 2.30. The average Bonchev–Trinajstić information content (AvgIpc) is 2.75. The second-order valence-corrected chi connectivity index (χ2v) is 8.77. The summed E-state index contributed by atoms with van der Waals surface area (Å²) in [5.41, 5.74) is 0.937. The van der Waals surface area contributed by atoms with E-state index < -0.39 is 0 Å². The van der Waals surface area contributed by atoms with Gasteiger partial charge in [-0.2, -0.15) is 4.98 Å². The molecule has 0 radical (unpaired) electrons. The minimum Gasteiger partial charge on any atom is -0.362 e. The fourth-order valence-corrected chi connectivity index (χ4v) is 4.77. The topological polar surface area (TPSA) is 70.2 Å². The van der Waals surface area contributed by atoms with E-state index in [1.54, 1.807) is 0 Å². The van der Waals surface area contributed by atoms with E-state index in [9.17, 15) is 4.79 Å². The van der Waals surface area contributed by atoms with Crippen LogP contribution in [0.1, 0.15) is 57.8 Å². The summed E-state index contributed by atoms with van der Waals surface area (Å²) in [4.78, 5) is 24.4. The summed E-state index contributed by atoms with van der Waals surface area (Å²) in [6.45, 7) is 0. The number of amides is 1. The Morgan fingerprint density at radius 1 is 0.931 bits per heavy atom. The molecule has 2 N–H and O–H groups in total. The number of anilines is 2. The van der Waals surface area contributed by atoms with Gasteiger partial charge in [-0.25, -0.2) is 4.98 Å². The van der Waals surface area contributed by atoms with Gasteiger partial charge in [0.05, 0.1) is 5.52 Å². The van der Waals surface area contributed by atoms with Crippen LogP contribution in [0, 0.1) is 5.92 Å². The van der Waals surface area contributed by atoms with Gasteiger partial charge in [-0.15, -0.1) is 0 Å². The van der Waals surface area contributed by atoms with Crippen LogP contribution in [-0.4, -0.2) is 42.1 Å². The van der Waals surface area contributed by atoms with Crippen molar-refractivity contribution in [3.8, 4) is 0 Å². The first kappa shape index (κ1) is 19.9. The Morgan fingerprint density at radius 3 is 2.38 bits per heavy atom. The van der Waals surface area contributed by atoms with Gasteiger partial charge in [-0.3, -0.25) is 4.79 Å². The molecule has 2 fully saturated rings. The summed E-state index contributed by atoms with van der Waals surface area (Å²) in [5.74, 6) is 2.01. The zero-order valence-corrected chi connectivity index (χ0v) is 17.7. The monoisotopic (exact) mass is 395 g/mol. The van der Waals surface area contributed by atoms with Crippen LogP contribution in [0.2, 0.25) is 0 Å². The Bertz CT molecular complexity index is 846. The molecule has 2 aromatic rings. The predicted octanol–water partition coefficient (Wildman–Crippen LogP) is 4.12. The number of rotatable bonds is 5. The summed E-state index contributed by atoms with van der Waals surface area (Å²) in [5, 5.41) is 7.98. The molecule has 2 aliphatic carbocycles. The number of carbonyl (C=O) groups excluding carboxylic acids is 1. The van der Waals surface area contributed by atoms with Crippen molar-refractivity contribution in [1.29, 1.82) is 0 Å². The van der Waals surface area contributed by atoms with E-state index in [4.69, 9.17) is 9.97 Å². The van der Waals surface area contributed by atoms with Crippen LogP contribution in [0.15, 0.2) is 24.3 Å². The molecular formula is C23H33N5O. The van der Waals surface area contributed by atoms with Crippen molar-refractivity contribution in [3.63, 3.8) is 0 Å².